The van der Waals surface area contributed by atoms with Crippen molar-refractivity contribution in [1.29, 1.82) is 0 Å². The van der Waals surface area contributed by atoms with Gasteiger partial charge in [0.25, 0.3) is 0 Å². The lowest BCUT2D eigenvalue weighted by molar-refractivity contribution is -0.492. The summed E-state index contributed by atoms with van der Waals surface area (Å²) in [6, 6.07) is 11.5. The quantitative estimate of drug-likeness (QED) is 0.285. The van der Waals surface area contributed by atoms with E-state index in [0.717, 1.165) is 5.56 Å². The highest BCUT2D eigenvalue weighted by Gasteiger charge is 2.04. The maximum Gasteiger partial charge on any atom is 0.336 e. The predicted octanol–water partition coefficient (Wildman–Crippen LogP) is 2.57. The number of carbonyl (C=O) groups excluding carboxylic acids is 1. The van der Waals surface area contributed by atoms with E-state index in [0.29, 0.717) is 23.5 Å². The highest BCUT2D eigenvalue weighted by Crippen LogP contribution is 2.26. The summed E-state index contributed by atoms with van der Waals surface area (Å²) < 4.78 is 10.2. The van der Waals surface area contributed by atoms with Crippen molar-refractivity contribution in [1.82, 2.24) is 5.39 Å². The fourth-order valence-electron chi connectivity index (χ4n) is 2.12. The minimum atomic E-state index is -0.567. The molecule has 0 atom stereocenters. The molecule has 0 fully saturated rings. The standard InChI is InChI=1S/C18H19NO7/c1-24-17-12-14(5-7-16(17)20)6-8-18(21)26-15-4-2-3-13(11-15)9-10-25-19(22)23/h2-8,11-12,20,22-23H,9-10H2,1H3/b8-6+. The largest absolute Gasteiger partial charge is 0.504 e. The van der Waals surface area contributed by atoms with Gasteiger partial charge in [-0.3, -0.25) is 15.3 Å². The summed E-state index contributed by atoms with van der Waals surface area (Å²) in [6.07, 6.45) is 3.20. The van der Waals surface area contributed by atoms with Crippen molar-refractivity contribution >= 4 is 12.0 Å². The second kappa shape index (κ2) is 9.54. The maximum absolute atomic E-state index is 11.9. The number of phenolic OH excluding ortho intramolecular Hbond substituents is 1. The lowest BCUT2D eigenvalue weighted by Gasteiger charge is -2.07. The molecule has 0 radical (unpaired) electrons. The molecular formula is C18H19NO7. The average Bonchev–Trinajstić information content (AvgIpc) is 2.61. The van der Waals surface area contributed by atoms with E-state index in [9.17, 15) is 9.90 Å². The Morgan fingerprint density at radius 3 is 2.73 bits per heavy atom. The smallest absolute Gasteiger partial charge is 0.336 e. The van der Waals surface area contributed by atoms with Crippen molar-refractivity contribution in [3.05, 3.63) is 59.7 Å². The molecule has 0 aliphatic carbocycles. The molecule has 0 saturated carbocycles. The molecule has 0 aliphatic heterocycles. The Labute approximate surface area is 149 Å². The molecule has 0 unspecified atom stereocenters. The van der Waals surface area contributed by atoms with Crippen LogP contribution in [0.4, 0.5) is 0 Å². The summed E-state index contributed by atoms with van der Waals surface area (Å²) >= 11 is 0. The number of carbonyl (C=O) groups is 1. The fourth-order valence-corrected chi connectivity index (χ4v) is 2.12. The molecular weight excluding hydrogens is 342 g/mol. The highest BCUT2D eigenvalue weighted by molar-refractivity contribution is 5.88. The molecule has 2 rings (SSSR count). The van der Waals surface area contributed by atoms with Gasteiger partial charge in [0.15, 0.2) is 11.5 Å². The number of rotatable bonds is 8. The van der Waals surface area contributed by atoms with Crippen LogP contribution in [0.25, 0.3) is 6.08 Å². The first-order chi connectivity index (χ1) is 12.5. The third-order valence-corrected chi connectivity index (χ3v) is 3.33. The number of benzene rings is 2. The Bertz CT molecular complexity index is 774. The number of aromatic hydroxyl groups is 1. The van der Waals surface area contributed by atoms with Crippen LogP contribution >= 0.6 is 0 Å². The van der Waals surface area contributed by atoms with Gasteiger partial charge in [0.05, 0.1) is 19.1 Å². The lowest BCUT2D eigenvalue weighted by Crippen LogP contribution is -2.16. The van der Waals surface area contributed by atoms with Gasteiger partial charge in [0.2, 0.25) is 0 Å². The van der Waals surface area contributed by atoms with E-state index in [4.69, 9.17) is 19.9 Å². The van der Waals surface area contributed by atoms with E-state index >= 15 is 0 Å². The van der Waals surface area contributed by atoms with Crippen molar-refractivity contribution in [3.8, 4) is 17.2 Å². The molecule has 0 bridgehead atoms. The zero-order valence-corrected chi connectivity index (χ0v) is 14.0. The van der Waals surface area contributed by atoms with Crippen LogP contribution in [0.2, 0.25) is 0 Å². The van der Waals surface area contributed by atoms with E-state index in [1.807, 2.05) is 0 Å². The normalized spacial score (nSPS) is 11.1. The molecule has 8 heteroatoms. The molecule has 0 amide bonds. The zero-order chi connectivity index (χ0) is 18.9. The lowest BCUT2D eigenvalue weighted by atomic mass is 10.1. The second-order valence-electron chi connectivity index (χ2n) is 5.17. The molecule has 0 aliphatic rings. The van der Waals surface area contributed by atoms with Gasteiger partial charge in [-0.15, -0.1) is 0 Å². The number of esters is 1. The summed E-state index contributed by atoms with van der Waals surface area (Å²) in [4.78, 5) is 16.4. The van der Waals surface area contributed by atoms with Crippen LogP contribution in [-0.2, 0) is 16.1 Å². The predicted molar refractivity (Wildman–Crippen MR) is 90.8 cm³/mol. The first kappa shape index (κ1) is 19.4. The van der Waals surface area contributed by atoms with Crippen molar-refractivity contribution in [3.63, 3.8) is 0 Å². The van der Waals surface area contributed by atoms with Gasteiger partial charge in [-0.25, -0.2) is 4.79 Å². The number of nitrogens with zero attached hydrogens (tertiary/aromatic N) is 1. The molecule has 8 nitrogen and oxygen atoms in total. The first-order valence-corrected chi connectivity index (χ1v) is 7.64. The monoisotopic (exact) mass is 361 g/mol. The van der Waals surface area contributed by atoms with Crippen LogP contribution in [0, 0.1) is 0 Å². The van der Waals surface area contributed by atoms with Gasteiger partial charge in [-0.2, -0.15) is 0 Å². The third kappa shape index (κ3) is 6.19. The van der Waals surface area contributed by atoms with Crippen molar-refractivity contribution in [2.75, 3.05) is 13.7 Å². The molecule has 0 saturated heterocycles. The number of hydrogen-bond donors (Lipinski definition) is 3. The molecule has 3 N–H and O–H groups in total. The van der Waals surface area contributed by atoms with Crippen LogP contribution in [-0.4, -0.2) is 40.6 Å². The van der Waals surface area contributed by atoms with Crippen LogP contribution in [0.1, 0.15) is 11.1 Å². The average molecular weight is 361 g/mol. The van der Waals surface area contributed by atoms with E-state index in [2.05, 4.69) is 4.84 Å². The molecule has 0 aromatic heterocycles. The van der Waals surface area contributed by atoms with E-state index in [1.165, 1.54) is 19.3 Å². The molecule has 0 heterocycles. The topological polar surface area (TPSA) is 109 Å². The SMILES string of the molecule is COc1cc(/C=C/C(=O)Oc2cccc(CCON(O)O)c2)ccc1O. The number of methoxy groups -OCH3 is 1. The Morgan fingerprint density at radius 1 is 1.19 bits per heavy atom. The molecule has 26 heavy (non-hydrogen) atoms. The summed E-state index contributed by atoms with van der Waals surface area (Å²) in [5, 5.41) is 26.1. The molecule has 0 spiro atoms. The van der Waals surface area contributed by atoms with Crippen LogP contribution in [0.3, 0.4) is 0 Å². The Balaban J connectivity index is 1.95. The number of ether oxygens (including phenoxy) is 2. The van der Waals surface area contributed by atoms with Crippen molar-refractivity contribution in [2.24, 2.45) is 0 Å². The summed E-state index contributed by atoms with van der Waals surface area (Å²) in [5.74, 6) is 0.103. The number of hydrogen-bond acceptors (Lipinski definition) is 8. The number of phenols is 1. The molecule has 138 valence electrons. The zero-order valence-electron chi connectivity index (χ0n) is 14.0. The summed E-state index contributed by atoms with van der Waals surface area (Å²) in [6.45, 7) is 0.0486. The van der Waals surface area contributed by atoms with Gasteiger partial charge in [-0.05, 0) is 47.9 Å². The Morgan fingerprint density at radius 2 is 2.00 bits per heavy atom. The minimum absolute atomic E-state index is 0.0125. The van der Waals surface area contributed by atoms with Gasteiger partial charge < -0.3 is 14.6 Å². The minimum Gasteiger partial charge on any atom is -0.504 e. The summed E-state index contributed by atoms with van der Waals surface area (Å²) in [7, 11) is 1.44. The van der Waals surface area contributed by atoms with Crippen molar-refractivity contribution < 1.29 is 34.6 Å². The van der Waals surface area contributed by atoms with E-state index in [1.54, 1.807) is 42.5 Å². The fraction of sp³-hybridized carbons (Fsp3) is 0.167. The van der Waals surface area contributed by atoms with E-state index < -0.39 is 5.97 Å². The Hall–Kier alpha value is -2.91. The van der Waals surface area contributed by atoms with E-state index in [-0.39, 0.29) is 17.7 Å². The van der Waals surface area contributed by atoms with Crippen LogP contribution in [0.15, 0.2) is 48.5 Å². The second-order valence-corrected chi connectivity index (χ2v) is 5.17. The third-order valence-electron chi connectivity index (χ3n) is 3.33. The summed E-state index contributed by atoms with van der Waals surface area (Å²) in [5.41, 5.74) is 1.46. The maximum atomic E-state index is 11.9. The first-order valence-electron chi connectivity index (χ1n) is 7.64. The molecule has 2 aromatic carbocycles. The Kier molecular flexibility index (Phi) is 7.12. The van der Waals surface area contributed by atoms with Crippen LogP contribution in [0.5, 0.6) is 17.2 Å². The van der Waals surface area contributed by atoms with Gasteiger partial charge in [-0.1, -0.05) is 18.2 Å². The van der Waals surface area contributed by atoms with Crippen LogP contribution < -0.4 is 9.47 Å². The van der Waals surface area contributed by atoms with Gasteiger partial charge >= 0.3 is 5.97 Å². The van der Waals surface area contributed by atoms with Gasteiger partial charge in [0.1, 0.15) is 5.75 Å². The van der Waals surface area contributed by atoms with Crippen molar-refractivity contribution in [2.45, 2.75) is 6.42 Å². The highest BCUT2D eigenvalue weighted by atomic mass is 17.1. The van der Waals surface area contributed by atoms with Gasteiger partial charge in [0, 0.05) is 6.08 Å². The molecule has 2 aromatic rings.